The predicted molar refractivity (Wildman–Crippen MR) is 56.7 cm³/mol. The summed E-state index contributed by atoms with van der Waals surface area (Å²) in [5.41, 5.74) is -2.48. The van der Waals surface area contributed by atoms with Crippen molar-refractivity contribution in [2.45, 2.75) is 6.18 Å². The van der Waals surface area contributed by atoms with Gasteiger partial charge < -0.3 is 10.2 Å². The Morgan fingerprint density at radius 3 is 2.42 bits per heavy atom. The van der Waals surface area contributed by atoms with Gasteiger partial charge in [0.2, 0.25) is 5.75 Å². The Bertz CT molecular complexity index is 685. The number of aromatic nitrogens is 1. The fourth-order valence-electron chi connectivity index (χ4n) is 1.57. The Balaban J connectivity index is 2.78. The van der Waals surface area contributed by atoms with Crippen molar-refractivity contribution in [3.63, 3.8) is 0 Å². The van der Waals surface area contributed by atoms with E-state index < -0.39 is 39.5 Å². The van der Waals surface area contributed by atoms with Gasteiger partial charge in [-0.05, 0) is 18.2 Å². The number of rotatable bonds is 1. The topological polar surface area (TPSA) is 96.5 Å². The van der Waals surface area contributed by atoms with Crippen LogP contribution in [-0.4, -0.2) is 20.1 Å². The summed E-state index contributed by atoms with van der Waals surface area (Å²) in [7, 11) is 0. The third-order valence-corrected chi connectivity index (χ3v) is 2.43. The van der Waals surface area contributed by atoms with Crippen LogP contribution < -0.4 is 0 Å². The molecule has 6 nitrogen and oxygen atoms in total. The number of fused-ring (bicyclic) bond motifs is 1. The van der Waals surface area contributed by atoms with Gasteiger partial charge in [0, 0.05) is 5.39 Å². The molecule has 0 amide bonds. The molecule has 1 aromatic heterocycles. The number of nitrogens with zero attached hydrogens (tertiary/aromatic N) is 2. The maximum Gasteiger partial charge on any atom is 0.416 e. The third-order valence-electron chi connectivity index (χ3n) is 2.43. The number of hydrogen-bond acceptors (Lipinski definition) is 5. The number of aromatic hydroxyl groups is 2. The molecule has 0 fully saturated rings. The highest BCUT2D eigenvalue weighted by molar-refractivity contribution is 5.90. The SMILES string of the molecule is O=[N+]([O-])c1c(O)nc2cc(C(F)(F)F)ccc2c1O. The van der Waals surface area contributed by atoms with Crippen molar-refractivity contribution in [1.82, 2.24) is 4.98 Å². The Labute approximate surface area is 102 Å². The summed E-state index contributed by atoms with van der Waals surface area (Å²) in [5.74, 6) is -2.07. The molecule has 1 aromatic carbocycles. The van der Waals surface area contributed by atoms with Gasteiger partial charge in [-0.2, -0.15) is 13.2 Å². The number of benzene rings is 1. The first-order valence-corrected chi connectivity index (χ1v) is 4.79. The molecule has 1 heterocycles. The van der Waals surface area contributed by atoms with Crippen molar-refractivity contribution in [3.05, 3.63) is 33.9 Å². The van der Waals surface area contributed by atoms with Gasteiger partial charge in [-0.1, -0.05) is 0 Å². The Morgan fingerprint density at radius 2 is 1.89 bits per heavy atom. The standard InChI is InChI=1S/C10H5F3N2O4/c11-10(12,13)4-1-2-5-6(3-4)14-9(17)7(8(5)16)15(18)19/h1-3H,(H2,14,16,17). The first kappa shape index (κ1) is 12.9. The minimum Gasteiger partial charge on any atom is -0.501 e. The van der Waals surface area contributed by atoms with Gasteiger partial charge in [0.1, 0.15) is 0 Å². The van der Waals surface area contributed by atoms with Crippen molar-refractivity contribution in [3.8, 4) is 11.6 Å². The lowest BCUT2D eigenvalue weighted by atomic mass is 10.1. The Kier molecular flexibility index (Phi) is 2.69. The van der Waals surface area contributed by atoms with Gasteiger partial charge in [0.05, 0.1) is 16.0 Å². The summed E-state index contributed by atoms with van der Waals surface area (Å²) in [5, 5.41) is 29.2. The van der Waals surface area contributed by atoms with Gasteiger partial charge >= 0.3 is 11.9 Å². The van der Waals surface area contributed by atoms with Crippen molar-refractivity contribution in [1.29, 1.82) is 0 Å². The average molecular weight is 274 g/mol. The van der Waals surface area contributed by atoms with Crippen LogP contribution >= 0.6 is 0 Å². The molecule has 2 rings (SSSR count). The maximum absolute atomic E-state index is 12.5. The molecular weight excluding hydrogens is 269 g/mol. The lowest BCUT2D eigenvalue weighted by Gasteiger charge is -2.08. The molecule has 100 valence electrons. The summed E-state index contributed by atoms with van der Waals surface area (Å²) in [6.45, 7) is 0. The summed E-state index contributed by atoms with van der Waals surface area (Å²) in [6.07, 6.45) is -4.62. The number of alkyl halides is 3. The van der Waals surface area contributed by atoms with E-state index in [2.05, 4.69) is 4.98 Å². The van der Waals surface area contributed by atoms with Gasteiger partial charge in [-0.3, -0.25) is 10.1 Å². The van der Waals surface area contributed by atoms with Crippen LogP contribution in [0.25, 0.3) is 10.9 Å². The van der Waals surface area contributed by atoms with Crippen molar-refractivity contribution in [2.24, 2.45) is 0 Å². The molecule has 0 saturated heterocycles. The number of pyridine rings is 1. The molecule has 0 atom stereocenters. The minimum absolute atomic E-state index is 0.252. The first-order chi connectivity index (χ1) is 8.71. The second-order valence-electron chi connectivity index (χ2n) is 3.62. The van der Waals surface area contributed by atoms with Crippen LogP contribution in [0.5, 0.6) is 11.6 Å². The zero-order valence-corrected chi connectivity index (χ0v) is 8.97. The molecule has 0 saturated carbocycles. The molecule has 0 bridgehead atoms. The van der Waals surface area contributed by atoms with E-state index in [-0.39, 0.29) is 5.39 Å². The van der Waals surface area contributed by atoms with E-state index in [0.29, 0.717) is 12.1 Å². The minimum atomic E-state index is -4.62. The van der Waals surface area contributed by atoms with E-state index in [4.69, 9.17) is 0 Å². The van der Waals surface area contributed by atoms with Gasteiger partial charge in [-0.15, -0.1) is 0 Å². The van der Waals surface area contributed by atoms with Crippen LogP contribution in [0.4, 0.5) is 18.9 Å². The highest BCUT2D eigenvalue weighted by atomic mass is 19.4. The number of hydrogen-bond donors (Lipinski definition) is 2. The largest absolute Gasteiger partial charge is 0.501 e. The second-order valence-corrected chi connectivity index (χ2v) is 3.62. The molecule has 9 heteroatoms. The molecule has 19 heavy (non-hydrogen) atoms. The van der Waals surface area contributed by atoms with Gasteiger partial charge in [0.15, 0.2) is 0 Å². The summed E-state index contributed by atoms with van der Waals surface area (Å²) in [4.78, 5) is 12.8. The highest BCUT2D eigenvalue weighted by Crippen LogP contribution is 2.41. The molecule has 2 aromatic rings. The highest BCUT2D eigenvalue weighted by Gasteiger charge is 2.32. The fourth-order valence-corrected chi connectivity index (χ4v) is 1.57. The molecule has 0 aliphatic rings. The van der Waals surface area contributed by atoms with Crippen LogP contribution in [0.15, 0.2) is 18.2 Å². The van der Waals surface area contributed by atoms with Gasteiger partial charge in [0.25, 0.3) is 5.88 Å². The smallest absolute Gasteiger partial charge is 0.416 e. The molecular formula is C10H5F3N2O4. The molecule has 0 spiro atoms. The fraction of sp³-hybridized carbons (Fsp3) is 0.100. The molecule has 2 N–H and O–H groups in total. The van der Waals surface area contributed by atoms with E-state index in [0.717, 1.165) is 6.07 Å². The zero-order valence-electron chi connectivity index (χ0n) is 8.97. The molecule has 0 aliphatic carbocycles. The van der Waals surface area contributed by atoms with Crippen LogP contribution in [0.3, 0.4) is 0 Å². The maximum atomic E-state index is 12.5. The number of halogens is 3. The average Bonchev–Trinajstić information content (AvgIpc) is 2.26. The van der Waals surface area contributed by atoms with E-state index >= 15 is 0 Å². The summed E-state index contributed by atoms with van der Waals surface area (Å²) >= 11 is 0. The second kappa shape index (κ2) is 3.97. The van der Waals surface area contributed by atoms with Crippen molar-refractivity contribution in [2.75, 3.05) is 0 Å². The molecule has 0 aliphatic heterocycles. The van der Waals surface area contributed by atoms with Crippen LogP contribution in [-0.2, 0) is 6.18 Å². The normalized spacial score (nSPS) is 11.7. The Morgan fingerprint density at radius 1 is 1.26 bits per heavy atom. The van der Waals surface area contributed by atoms with Crippen molar-refractivity contribution < 1.29 is 28.3 Å². The monoisotopic (exact) mass is 274 g/mol. The zero-order chi connectivity index (χ0) is 14.4. The van der Waals surface area contributed by atoms with E-state index in [9.17, 15) is 33.5 Å². The lowest BCUT2D eigenvalue weighted by Crippen LogP contribution is -2.04. The van der Waals surface area contributed by atoms with E-state index in [1.54, 1.807) is 0 Å². The van der Waals surface area contributed by atoms with Crippen LogP contribution in [0.1, 0.15) is 5.56 Å². The third kappa shape index (κ3) is 2.09. The predicted octanol–water partition coefficient (Wildman–Crippen LogP) is 2.57. The van der Waals surface area contributed by atoms with Crippen LogP contribution in [0, 0.1) is 10.1 Å². The van der Waals surface area contributed by atoms with E-state index in [1.807, 2.05) is 0 Å². The summed E-state index contributed by atoms with van der Waals surface area (Å²) in [6, 6.07) is 2.09. The van der Waals surface area contributed by atoms with Gasteiger partial charge in [-0.25, -0.2) is 4.98 Å². The lowest BCUT2D eigenvalue weighted by molar-refractivity contribution is -0.387. The quantitative estimate of drug-likeness (QED) is 0.615. The number of nitro groups is 1. The first-order valence-electron chi connectivity index (χ1n) is 4.79. The van der Waals surface area contributed by atoms with E-state index in [1.165, 1.54) is 0 Å². The summed E-state index contributed by atoms with van der Waals surface area (Å²) < 4.78 is 37.4. The van der Waals surface area contributed by atoms with Crippen molar-refractivity contribution >= 4 is 16.6 Å². The molecule has 0 radical (unpaired) electrons. The Hall–Kier alpha value is -2.58. The van der Waals surface area contributed by atoms with Crippen LogP contribution in [0.2, 0.25) is 0 Å². The molecule has 0 unspecified atom stereocenters.